The first-order valence-electron chi connectivity index (χ1n) is 10.3. The molecule has 2 aromatic carbocycles. The number of piperazine rings is 1. The van der Waals surface area contributed by atoms with Gasteiger partial charge in [-0.25, -0.2) is 22.2 Å². The van der Waals surface area contributed by atoms with Crippen molar-refractivity contribution < 1.29 is 22.0 Å². The molecule has 0 saturated carbocycles. The van der Waals surface area contributed by atoms with Crippen molar-refractivity contribution in [2.45, 2.75) is 17.9 Å². The third-order valence-electron chi connectivity index (χ3n) is 5.70. The number of H-pyrrole nitrogens is 1. The van der Waals surface area contributed by atoms with E-state index in [2.05, 4.69) is 9.97 Å². The topological polar surface area (TPSA) is 86.4 Å². The third-order valence-corrected chi connectivity index (χ3v) is 8.09. The van der Waals surface area contributed by atoms with Crippen LogP contribution in [0.15, 0.2) is 47.6 Å². The molecule has 1 saturated heterocycles. The van der Waals surface area contributed by atoms with E-state index in [4.69, 9.17) is 23.2 Å². The maximum absolute atomic E-state index is 13.8. The number of benzene rings is 2. The normalized spacial score (nSPS) is 15.2. The molecule has 0 aliphatic carbocycles. The summed E-state index contributed by atoms with van der Waals surface area (Å²) in [4.78, 5) is 20.3. The van der Waals surface area contributed by atoms with Gasteiger partial charge in [-0.05, 0) is 35.4 Å². The number of sulfonamides is 1. The second-order valence-corrected chi connectivity index (χ2v) is 10.5. The first-order chi connectivity index (χ1) is 16.1. The highest BCUT2D eigenvalue weighted by molar-refractivity contribution is 7.89. The Kier molecular flexibility index (Phi) is 6.95. The largest absolute Gasteiger partial charge is 0.340 e. The minimum absolute atomic E-state index is 0.111. The maximum Gasteiger partial charge on any atom is 0.260 e. The van der Waals surface area contributed by atoms with Crippen LogP contribution in [0.25, 0.3) is 0 Å². The van der Waals surface area contributed by atoms with E-state index in [1.807, 2.05) is 0 Å². The fourth-order valence-electron chi connectivity index (χ4n) is 3.87. The van der Waals surface area contributed by atoms with Crippen molar-refractivity contribution in [3.05, 3.63) is 81.2 Å². The lowest BCUT2D eigenvalue weighted by Gasteiger charge is -2.33. The number of halogens is 4. The predicted octanol–water partition coefficient (Wildman–Crippen LogP) is 4.03. The highest BCUT2D eigenvalue weighted by Crippen LogP contribution is 2.34. The fourth-order valence-corrected chi connectivity index (χ4v) is 5.59. The van der Waals surface area contributed by atoms with Gasteiger partial charge in [0.05, 0.1) is 22.2 Å². The van der Waals surface area contributed by atoms with E-state index in [0.717, 1.165) is 0 Å². The number of nitrogens with zero attached hydrogens (tertiary/aromatic N) is 3. The van der Waals surface area contributed by atoms with Crippen LogP contribution in [0.4, 0.5) is 8.78 Å². The first kappa shape index (κ1) is 24.6. The van der Waals surface area contributed by atoms with Gasteiger partial charge in [-0.2, -0.15) is 4.31 Å². The Morgan fingerprint density at radius 2 is 1.53 bits per heavy atom. The van der Waals surface area contributed by atoms with Gasteiger partial charge < -0.3 is 9.88 Å². The SMILES string of the molecule is CC(=O)N1CCN(S(=O)(=O)c2cnc(C(c3ccc(F)c(Cl)c3)c3ccc(F)c(Cl)c3)[nH]2)CC1. The quantitative estimate of drug-likeness (QED) is 0.541. The molecule has 34 heavy (non-hydrogen) atoms. The molecule has 0 unspecified atom stereocenters. The molecule has 12 heteroatoms. The van der Waals surface area contributed by atoms with Gasteiger partial charge in [-0.1, -0.05) is 35.3 Å². The lowest BCUT2D eigenvalue weighted by atomic mass is 9.90. The summed E-state index contributed by atoms with van der Waals surface area (Å²) in [6.45, 7) is 2.33. The molecule has 1 aliphatic rings. The zero-order valence-corrected chi connectivity index (χ0v) is 20.3. The van der Waals surface area contributed by atoms with Crippen molar-refractivity contribution in [1.29, 1.82) is 0 Å². The Morgan fingerprint density at radius 1 is 1.00 bits per heavy atom. The molecule has 1 amide bonds. The first-order valence-corrected chi connectivity index (χ1v) is 12.5. The van der Waals surface area contributed by atoms with E-state index in [0.29, 0.717) is 24.2 Å². The zero-order chi connectivity index (χ0) is 24.6. The summed E-state index contributed by atoms with van der Waals surface area (Å²) in [5.41, 5.74) is 1.00. The molecule has 1 N–H and O–H groups in total. The molecule has 7 nitrogen and oxygen atoms in total. The molecule has 1 aromatic heterocycles. The number of nitrogens with one attached hydrogen (secondary N) is 1. The van der Waals surface area contributed by atoms with Crippen LogP contribution >= 0.6 is 23.2 Å². The molecule has 1 aliphatic heterocycles. The molecule has 0 atom stereocenters. The van der Waals surface area contributed by atoms with E-state index in [1.165, 1.54) is 53.8 Å². The van der Waals surface area contributed by atoms with Crippen LogP contribution in [-0.4, -0.2) is 59.7 Å². The Hall–Kier alpha value is -2.53. The number of aromatic amines is 1. The third kappa shape index (κ3) is 4.81. The smallest absolute Gasteiger partial charge is 0.260 e. The second-order valence-electron chi connectivity index (χ2n) is 7.82. The van der Waals surface area contributed by atoms with Gasteiger partial charge in [-0.15, -0.1) is 0 Å². The van der Waals surface area contributed by atoms with Crippen molar-refractivity contribution in [2.75, 3.05) is 26.2 Å². The van der Waals surface area contributed by atoms with E-state index >= 15 is 0 Å². The second kappa shape index (κ2) is 9.61. The minimum atomic E-state index is -3.91. The number of carbonyl (C=O) groups is 1. The monoisotopic (exact) mass is 528 g/mol. The van der Waals surface area contributed by atoms with Crippen LogP contribution < -0.4 is 0 Å². The maximum atomic E-state index is 13.8. The Bertz CT molecular complexity index is 1290. The summed E-state index contributed by atoms with van der Waals surface area (Å²) in [6, 6.07) is 8.14. The summed E-state index contributed by atoms with van der Waals surface area (Å²) >= 11 is 12.0. The fraction of sp³-hybridized carbons (Fsp3) is 0.273. The molecule has 1 fully saturated rings. The van der Waals surface area contributed by atoms with E-state index in [9.17, 15) is 22.0 Å². The van der Waals surface area contributed by atoms with Crippen LogP contribution in [0.3, 0.4) is 0 Å². The number of imidazole rings is 1. The number of rotatable bonds is 5. The van der Waals surface area contributed by atoms with Crippen molar-refractivity contribution in [3.8, 4) is 0 Å². The highest BCUT2D eigenvalue weighted by atomic mass is 35.5. The van der Waals surface area contributed by atoms with Gasteiger partial charge in [0.2, 0.25) is 5.91 Å². The van der Waals surface area contributed by atoms with Crippen LogP contribution in [0.1, 0.15) is 29.8 Å². The lowest BCUT2D eigenvalue weighted by Crippen LogP contribution is -2.50. The van der Waals surface area contributed by atoms with Gasteiger partial charge >= 0.3 is 0 Å². The van der Waals surface area contributed by atoms with Gasteiger partial charge in [0.15, 0.2) is 5.03 Å². The molecular formula is C22H20Cl2F2N4O3S. The Morgan fingerprint density at radius 3 is 2.00 bits per heavy atom. The van der Waals surface area contributed by atoms with Gasteiger partial charge in [-0.3, -0.25) is 4.79 Å². The molecule has 2 heterocycles. The van der Waals surface area contributed by atoms with Gasteiger partial charge in [0.25, 0.3) is 10.0 Å². The summed E-state index contributed by atoms with van der Waals surface area (Å²) in [5, 5.41) is -0.387. The highest BCUT2D eigenvalue weighted by Gasteiger charge is 2.32. The van der Waals surface area contributed by atoms with Crippen LogP contribution in [-0.2, 0) is 14.8 Å². The van der Waals surface area contributed by atoms with E-state index < -0.39 is 27.6 Å². The molecule has 0 spiro atoms. The summed E-state index contributed by atoms with van der Waals surface area (Å²) in [7, 11) is -3.91. The minimum Gasteiger partial charge on any atom is -0.340 e. The summed E-state index contributed by atoms with van der Waals surface area (Å²) in [5.74, 6) is -1.84. The summed E-state index contributed by atoms with van der Waals surface area (Å²) in [6.07, 6.45) is 1.20. The van der Waals surface area contributed by atoms with Crippen LogP contribution in [0, 0.1) is 11.6 Å². The summed E-state index contributed by atoms with van der Waals surface area (Å²) < 4.78 is 55.2. The average Bonchev–Trinajstić information content (AvgIpc) is 3.29. The van der Waals surface area contributed by atoms with Crippen molar-refractivity contribution in [1.82, 2.24) is 19.2 Å². The molecule has 180 valence electrons. The molecule has 0 radical (unpaired) electrons. The standard InChI is InChI=1S/C22H20Cl2F2N4O3S/c1-13(31)29-6-8-30(9-7-29)34(32,33)20-12-27-22(28-20)21(14-2-4-18(25)16(23)10-14)15-3-5-19(26)17(24)11-15/h2-5,10-12,21H,6-9H2,1H3,(H,27,28). The number of hydrogen-bond acceptors (Lipinski definition) is 4. The number of amides is 1. The number of aromatic nitrogens is 2. The van der Waals surface area contributed by atoms with Gasteiger partial charge in [0, 0.05) is 33.1 Å². The zero-order valence-electron chi connectivity index (χ0n) is 17.9. The predicted molar refractivity (Wildman–Crippen MR) is 123 cm³/mol. The number of hydrogen-bond donors (Lipinski definition) is 1. The average molecular weight is 529 g/mol. The van der Waals surface area contributed by atoms with Gasteiger partial charge in [0.1, 0.15) is 17.5 Å². The molecule has 4 rings (SSSR count). The van der Waals surface area contributed by atoms with Crippen molar-refractivity contribution in [3.63, 3.8) is 0 Å². The Labute approximate surface area is 205 Å². The molecule has 0 bridgehead atoms. The van der Waals surface area contributed by atoms with Crippen LogP contribution in [0.5, 0.6) is 0 Å². The molecule has 3 aromatic rings. The Balaban J connectivity index is 1.71. The lowest BCUT2D eigenvalue weighted by molar-refractivity contribution is -0.129. The molecular weight excluding hydrogens is 509 g/mol. The van der Waals surface area contributed by atoms with E-state index in [1.54, 1.807) is 4.90 Å². The van der Waals surface area contributed by atoms with Crippen molar-refractivity contribution >= 4 is 39.1 Å². The van der Waals surface area contributed by atoms with E-state index in [-0.39, 0.29) is 39.9 Å². The number of carbonyl (C=O) groups excluding carboxylic acids is 1. The van der Waals surface area contributed by atoms with Crippen molar-refractivity contribution in [2.24, 2.45) is 0 Å². The van der Waals surface area contributed by atoms with Crippen LogP contribution in [0.2, 0.25) is 10.0 Å².